The zero-order valence-corrected chi connectivity index (χ0v) is 12.8. The van der Waals surface area contributed by atoms with Crippen molar-refractivity contribution >= 4 is 5.97 Å². The average Bonchev–Trinajstić information content (AvgIpc) is 2.60. The van der Waals surface area contributed by atoms with Gasteiger partial charge in [0, 0.05) is 5.92 Å². The van der Waals surface area contributed by atoms with Crippen LogP contribution in [-0.2, 0) is 14.3 Å². The molecule has 0 fully saturated rings. The Morgan fingerprint density at radius 3 is 2.59 bits per heavy atom. The summed E-state index contributed by atoms with van der Waals surface area (Å²) in [7, 11) is 2.91. The van der Waals surface area contributed by atoms with Crippen molar-refractivity contribution in [3.05, 3.63) is 58.9 Å². The molecule has 0 aliphatic heterocycles. The summed E-state index contributed by atoms with van der Waals surface area (Å²) < 4.78 is 9.97. The van der Waals surface area contributed by atoms with Crippen LogP contribution in [0.2, 0.25) is 0 Å². The van der Waals surface area contributed by atoms with E-state index in [-0.39, 0.29) is 11.5 Å². The highest BCUT2D eigenvalue weighted by Gasteiger charge is 2.25. The molecule has 0 saturated carbocycles. The lowest BCUT2D eigenvalue weighted by atomic mass is 9.82. The number of allylic oxidation sites excluding steroid dienone is 8. The Morgan fingerprint density at radius 2 is 2.09 bits per heavy atom. The third kappa shape index (κ3) is 3.37. The molecule has 0 amide bonds. The number of nitrogens with zero attached hydrogens (tertiary/aromatic N) is 1. The molecule has 1 atom stereocenters. The molecule has 2 aliphatic rings. The van der Waals surface area contributed by atoms with Crippen LogP contribution in [0.1, 0.15) is 19.3 Å². The van der Waals surface area contributed by atoms with Crippen LogP contribution in [-0.4, -0.2) is 20.2 Å². The fraction of sp³-hybridized carbons (Fsp3) is 0.333. The predicted molar refractivity (Wildman–Crippen MR) is 83.5 cm³/mol. The molecular weight excluding hydrogens is 278 g/mol. The topological polar surface area (TPSA) is 59.3 Å². The number of carbonyl (C=O) groups is 1. The van der Waals surface area contributed by atoms with E-state index in [1.54, 1.807) is 7.11 Å². The van der Waals surface area contributed by atoms with Crippen molar-refractivity contribution in [2.75, 3.05) is 14.2 Å². The maximum Gasteiger partial charge on any atom is 0.348 e. The number of esters is 1. The van der Waals surface area contributed by atoms with Gasteiger partial charge in [-0.2, -0.15) is 5.26 Å². The predicted octanol–water partition coefficient (Wildman–Crippen LogP) is 3.36. The summed E-state index contributed by atoms with van der Waals surface area (Å²) in [5.41, 5.74) is 1.73. The first-order valence-corrected chi connectivity index (χ1v) is 7.23. The van der Waals surface area contributed by atoms with Gasteiger partial charge < -0.3 is 9.47 Å². The van der Waals surface area contributed by atoms with Gasteiger partial charge in [0.2, 0.25) is 0 Å². The van der Waals surface area contributed by atoms with E-state index in [1.165, 1.54) is 7.11 Å². The van der Waals surface area contributed by atoms with Gasteiger partial charge in [0.1, 0.15) is 17.4 Å². The molecule has 114 valence electrons. The third-order valence-electron chi connectivity index (χ3n) is 3.75. The summed E-state index contributed by atoms with van der Waals surface area (Å²) in [6, 6.07) is 2.02. The number of methoxy groups -OCH3 is 2. The van der Waals surface area contributed by atoms with Crippen molar-refractivity contribution in [1.29, 1.82) is 5.26 Å². The minimum atomic E-state index is -0.590. The van der Waals surface area contributed by atoms with Crippen LogP contribution >= 0.6 is 0 Å². The van der Waals surface area contributed by atoms with Crippen molar-refractivity contribution < 1.29 is 14.3 Å². The average molecular weight is 297 g/mol. The molecule has 0 aromatic rings. The smallest absolute Gasteiger partial charge is 0.348 e. The molecule has 0 aromatic carbocycles. The van der Waals surface area contributed by atoms with Crippen LogP contribution < -0.4 is 0 Å². The van der Waals surface area contributed by atoms with E-state index in [0.717, 1.165) is 29.7 Å². The molecule has 2 aliphatic carbocycles. The second kappa shape index (κ2) is 7.46. The van der Waals surface area contributed by atoms with Crippen molar-refractivity contribution in [3.8, 4) is 6.07 Å². The normalized spacial score (nSPS) is 21.2. The number of hydrogen-bond acceptors (Lipinski definition) is 4. The number of hydrogen-bond donors (Lipinski definition) is 0. The summed E-state index contributed by atoms with van der Waals surface area (Å²) in [6.07, 6.45) is 14.5. The molecule has 0 N–H and O–H groups in total. The molecule has 0 radical (unpaired) electrons. The summed E-state index contributed by atoms with van der Waals surface area (Å²) in [6.45, 7) is 0. The van der Waals surface area contributed by atoms with E-state index < -0.39 is 5.97 Å². The monoisotopic (exact) mass is 297 g/mol. The Hall–Kier alpha value is -2.54. The summed E-state index contributed by atoms with van der Waals surface area (Å²) >= 11 is 0. The Bertz CT molecular complexity index is 642. The Labute approximate surface area is 130 Å². The van der Waals surface area contributed by atoms with E-state index >= 15 is 0 Å². The molecule has 4 nitrogen and oxygen atoms in total. The zero-order chi connectivity index (χ0) is 15.9. The fourth-order valence-electron chi connectivity index (χ4n) is 2.64. The number of rotatable bonds is 4. The van der Waals surface area contributed by atoms with Gasteiger partial charge in [0.25, 0.3) is 0 Å². The van der Waals surface area contributed by atoms with Crippen molar-refractivity contribution in [2.45, 2.75) is 19.3 Å². The van der Waals surface area contributed by atoms with Gasteiger partial charge >= 0.3 is 5.97 Å². The van der Waals surface area contributed by atoms with Crippen LogP contribution in [0.25, 0.3) is 0 Å². The van der Waals surface area contributed by atoms with Crippen LogP contribution in [0.5, 0.6) is 0 Å². The van der Waals surface area contributed by atoms with Crippen LogP contribution in [0.15, 0.2) is 58.9 Å². The molecule has 0 aromatic heterocycles. The van der Waals surface area contributed by atoms with Crippen molar-refractivity contribution in [3.63, 3.8) is 0 Å². The largest absolute Gasteiger partial charge is 0.497 e. The lowest BCUT2D eigenvalue weighted by molar-refractivity contribution is -0.135. The Morgan fingerprint density at radius 1 is 1.27 bits per heavy atom. The maximum atomic E-state index is 12.0. The van der Waals surface area contributed by atoms with E-state index in [2.05, 4.69) is 12.2 Å². The molecule has 0 bridgehead atoms. The first kappa shape index (κ1) is 15.8. The van der Waals surface area contributed by atoms with Crippen molar-refractivity contribution in [1.82, 2.24) is 0 Å². The highest BCUT2D eigenvalue weighted by atomic mass is 16.5. The van der Waals surface area contributed by atoms with Crippen molar-refractivity contribution in [2.24, 2.45) is 5.92 Å². The summed E-state index contributed by atoms with van der Waals surface area (Å²) in [5.74, 6) is 0.161. The third-order valence-corrected chi connectivity index (χ3v) is 3.75. The van der Waals surface area contributed by atoms with E-state index in [9.17, 15) is 10.1 Å². The number of nitriles is 1. The standard InChI is InChI=1S/C18H19NO3/c1-21-15-10-8-14(9-11-15)17(13-6-4-3-5-7-13)16(12-19)18(20)22-2/h4,6-8,10-11,14H,3,5,9H2,1-2H3/b17-16+. The SMILES string of the molecule is COC(=O)/C(C#N)=C(\C1=CCCC=C1)C1C=CC(OC)=CC1. The molecular formula is C18H19NO3. The first-order chi connectivity index (χ1) is 10.7. The van der Waals surface area contributed by atoms with Gasteiger partial charge in [-0.3, -0.25) is 0 Å². The van der Waals surface area contributed by atoms with Gasteiger partial charge in [-0.1, -0.05) is 24.3 Å². The second-order valence-corrected chi connectivity index (χ2v) is 5.04. The van der Waals surface area contributed by atoms with E-state index in [0.29, 0.717) is 6.42 Å². The van der Waals surface area contributed by atoms with E-state index in [1.807, 2.05) is 30.4 Å². The van der Waals surface area contributed by atoms with Gasteiger partial charge in [0.15, 0.2) is 0 Å². The Kier molecular flexibility index (Phi) is 5.37. The quantitative estimate of drug-likeness (QED) is 0.453. The van der Waals surface area contributed by atoms with Gasteiger partial charge in [0.05, 0.1) is 14.2 Å². The highest BCUT2D eigenvalue weighted by Crippen LogP contribution is 2.33. The minimum Gasteiger partial charge on any atom is -0.497 e. The minimum absolute atomic E-state index is 0.0401. The number of carbonyl (C=O) groups excluding carboxylic acids is 1. The highest BCUT2D eigenvalue weighted by molar-refractivity contribution is 5.95. The second-order valence-electron chi connectivity index (χ2n) is 5.04. The lowest BCUT2D eigenvalue weighted by Crippen LogP contribution is -2.14. The zero-order valence-electron chi connectivity index (χ0n) is 12.8. The first-order valence-electron chi connectivity index (χ1n) is 7.23. The number of ether oxygens (including phenoxy) is 2. The van der Waals surface area contributed by atoms with Gasteiger partial charge in [-0.15, -0.1) is 0 Å². The van der Waals surface area contributed by atoms with E-state index in [4.69, 9.17) is 9.47 Å². The lowest BCUT2D eigenvalue weighted by Gasteiger charge is -2.22. The molecule has 4 heteroatoms. The molecule has 22 heavy (non-hydrogen) atoms. The molecule has 0 heterocycles. The van der Waals surface area contributed by atoms with Crippen LogP contribution in [0, 0.1) is 17.2 Å². The molecule has 0 spiro atoms. The fourth-order valence-corrected chi connectivity index (χ4v) is 2.64. The van der Waals surface area contributed by atoms with Crippen LogP contribution in [0.4, 0.5) is 0 Å². The summed E-state index contributed by atoms with van der Waals surface area (Å²) in [5, 5.41) is 9.43. The molecule has 0 saturated heterocycles. The summed E-state index contributed by atoms with van der Waals surface area (Å²) in [4.78, 5) is 12.0. The maximum absolute atomic E-state index is 12.0. The Balaban J connectivity index is 2.46. The molecule has 2 rings (SSSR count). The van der Waals surface area contributed by atoms with Gasteiger partial charge in [-0.05, 0) is 42.6 Å². The molecule has 1 unspecified atom stereocenters. The van der Waals surface area contributed by atoms with Gasteiger partial charge in [-0.25, -0.2) is 4.79 Å². The van der Waals surface area contributed by atoms with Crippen LogP contribution in [0.3, 0.4) is 0 Å².